The van der Waals surface area contributed by atoms with Crippen molar-refractivity contribution in [2.24, 2.45) is 5.92 Å². The van der Waals surface area contributed by atoms with Crippen molar-refractivity contribution in [3.63, 3.8) is 0 Å². The number of alkyl carbamates (subject to hydrolysis) is 1. The van der Waals surface area contributed by atoms with E-state index in [9.17, 15) is 4.79 Å². The Hall–Kier alpha value is -0.980. The summed E-state index contributed by atoms with van der Waals surface area (Å²) in [6.07, 6.45) is 0.600. The minimum atomic E-state index is -0.452. The Kier molecular flexibility index (Phi) is 4.78. The number of nitrogens with one attached hydrogen (secondary N) is 1. The van der Waals surface area contributed by atoms with Crippen molar-refractivity contribution in [1.82, 2.24) is 5.32 Å². The molecule has 1 aliphatic carbocycles. The molecule has 1 N–H and O–H groups in total. The van der Waals surface area contributed by atoms with Crippen molar-refractivity contribution in [1.29, 1.82) is 0 Å². The largest absolute Gasteiger partial charge is 0.493 e. The summed E-state index contributed by atoms with van der Waals surface area (Å²) in [5, 5.41) is 2.86. The second-order valence-electron chi connectivity index (χ2n) is 6.01. The summed E-state index contributed by atoms with van der Waals surface area (Å²) in [6.45, 7) is 6.20. The molecule has 110 valence electrons. The summed E-state index contributed by atoms with van der Waals surface area (Å²) in [6, 6.07) is 8.12. The summed E-state index contributed by atoms with van der Waals surface area (Å²) in [5.74, 6) is 1.25. The van der Waals surface area contributed by atoms with Crippen LogP contribution in [0.4, 0.5) is 4.79 Å². The highest BCUT2D eigenvalue weighted by Crippen LogP contribution is 2.31. The Labute approximate surface area is 133 Å². The molecule has 1 aromatic rings. The van der Waals surface area contributed by atoms with E-state index in [1.54, 1.807) is 0 Å². The van der Waals surface area contributed by atoms with Gasteiger partial charge in [-0.05, 0) is 74.0 Å². The van der Waals surface area contributed by atoms with Gasteiger partial charge in [0.05, 0.1) is 6.61 Å². The Morgan fingerprint density at radius 2 is 2.00 bits per heavy atom. The quantitative estimate of drug-likeness (QED) is 0.801. The maximum atomic E-state index is 11.6. The van der Waals surface area contributed by atoms with Crippen LogP contribution in [0.2, 0.25) is 0 Å². The fraction of sp³-hybridized carbons (Fsp3) is 0.533. The van der Waals surface area contributed by atoms with Crippen molar-refractivity contribution >= 4 is 28.7 Å². The lowest BCUT2D eigenvalue weighted by atomic mass is 10.2. The molecule has 0 radical (unpaired) electrons. The summed E-state index contributed by atoms with van der Waals surface area (Å²) >= 11 is 2.26. The monoisotopic (exact) mass is 389 g/mol. The van der Waals surface area contributed by atoms with E-state index in [4.69, 9.17) is 9.47 Å². The molecule has 0 spiro atoms. The summed E-state index contributed by atoms with van der Waals surface area (Å²) in [4.78, 5) is 11.6. The highest BCUT2D eigenvalue weighted by atomic mass is 127. The van der Waals surface area contributed by atoms with E-state index in [0.29, 0.717) is 12.5 Å². The average Bonchev–Trinajstić information content (AvgIpc) is 3.04. The summed E-state index contributed by atoms with van der Waals surface area (Å²) in [5.41, 5.74) is -0.452. The van der Waals surface area contributed by atoms with Crippen molar-refractivity contribution < 1.29 is 14.3 Å². The molecular formula is C15H20INO3. The molecule has 0 aromatic heterocycles. The smallest absolute Gasteiger partial charge is 0.407 e. The predicted octanol–water partition coefficient (Wildman–Crippen LogP) is 3.58. The molecule has 1 aromatic carbocycles. The van der Waals surface area contributed by atoms with Crippen molar-refractivity contribution in [2.75, 3.05) is 6.61 Å². The molecule has 1 amide bonds. The fourth-order valence-electron chi connectivity index (χ4n) is 1.80. The van der Waals surface area contributed by atoms with Crippen LogP contribution in [0.5, 0.6) is 5.75 Å². The number of ether oxygens (including phenoxy) is 2. The van der Waals surface area contributed by atoms with Gasteiger partial charge in [-0.2, -0.15) is 0 Å². The van der Waals surface area contributed by atoms with Crippen LogP contribution in [0.1, 0.15) is 27.2 Å². The zero-order valence-electron chi connectivity index (χ0n) is 12.0. The van der Waals surface area contributed by atoms with Crippen LogP contribution in [0.15, 0.2) is 24.3 Å². The zero-order chi connectivity index (χ0) is 14.8. The van der Waals surface area contributed by atoms with E-state index < -0.39 is 5.60 Å². The first-order valence-electron chi connectivity index (χ1n) is 6.71. The van der Waals surface area contributed by atoms with E-state index in [0.717, 1.165) is 12.2 Å². The molecule has 0 heterocycles. The number of carbonyl (C=O) groups is 1. The Balaban J connectivity index is 1.68. The predicted molar refractivity (Wildman–Crippen MR) is 85.9 cm³/mol. The van der Waals surface area contributed by atoms with E-state index in [2.05, 4.69) is 27.9 Å². The van der Waals surface area contributed by atoms with E-state index in [1.165, 1.54) is 3.57 Å². The lowest BCUT2D eigenvalue weighted by molar-refractivity contribution is 0.0519. The molecule has 0 aliphatic heterocycles. The van der Waals surface area contributed by atoms with Crippen LogP contribution < -0.4 is 10.1 Å². The second kappa shape index (κ2) is 6.20. The molecular weight excluding hydrogens is 369 g/mol. The van der Waals surface area contributed by atoms with E-state index in [-0.39, 0.29) is 12.1 Å². The van der Waals surface area contributed by atoms with Crippen LogP contribution in [-0.4, -0.2) is 24.3 Å². The molecule has 0 saturated heterocycles. The number of rotatable bonds is 4. The van der Waals surface area contributed by atoms with Crippen molar-refractivity contribution in [3.05, 3.63) is 27.8 Å². The van der Waals surface area contributed by atoms with Crippen molar-refractivity contribution in [3.8, 4) is 5.75 Å². The van der Waals surface area contributed by atoms with Crippen LogP contribution in [0.25, 0.3) is 0 Å². The number of amides is 1. The van der Waals surface area contributed by atoms with Crippen molar-refractivity contribution in [2.45, 2.75) is 38.8 Å². The SMILES string of the molecule is CC(C)(C)OC(=O)N[C@@H]1C[C@H]1COc1ccc(I)cc1. The van der Waals surface area contributed by atoms with Gasteiger partial charge in [-0.15, -0.1) is 0 Å². The van der Waals surface area contributed by atoms with Gasteiger partial charge in [-0.3, -0.25) is 0 Å². The zero-order valence-corrected chi connectivity index (χ0v) is 14.1. The molecule has 1 saturated carbocycles. The van der Waals surface area contributed by atoms with Gasteiger partial charge in [-0.25, -0.2) is 4.79 Å². The minimum Gasteiger partial charge on any atom is -0.493 e. The molecule has 0 bridgehead atoms. The van der Waals surface area contributed by atoms with Crippen LogP contribution in [0.3, 0.4) is 0 Å². The van der Waals surface area contributed by atoms with Gasteiger partial charge in [0.25, 0.3) is 0 Å². The maximum Gasteiger partial charge on any atom is 0.407 e. The molecule has 1 aliphatic rings. The maximum absolute atomic E-state index is 11.6. The van der Waals surface area contributed by atoms with Gasteiger partial charge in [0, 0.05) is 15.5 Å². The topological polar surface area (TPSA) is 47.6 Å². The van der Waals surface area contributed by atoms with Crippen LogP contribution >= 0.6 is 22.6 Å². The minimum absolute atomic E-state index is 0.175. The Bertz CT molecular complexity index is 467. The number of carbonyl (C=O) groups excluding carboxylic acids is 1. The first-order valence-corrected chi connectivity index (χ1v) is 7.79. The number of hydrogen-bond acceptors (Lipinski definition) is 3. The molecule has 5 heteroatoms. The van der Waals surface area contributed by atoms with Crippen LogP contribution in [-0.2, 0) is 4.74 Å². The molecule has 2 atom stereocenters. The number of benzene rings is 1. The van der Waals surface area contributed by atoms with Gasteiger partial charge >= 0.3 is 6.09 Å². The third-order valence-electron chi connectivity index (χ3n) is 2.90. The fourth-order valence-corrected chi connectivity index (χ4v) is 2.16. The normalized spacial score (nSPS) is 21.2. The van der Waals surface area contributed by atoms with E-state index >= 15 is 0 Å². The van der Waals surface area contributed by atoms with Gasteiger partial charge < -0.3 is 14.8 Å². The second-order valence-corrected chi connectivity index (χ2v) is 7.26. The standard InChI is InChI=1S/C15H20INO3/c1-15(2,3)20-14(18)17-13-8-10(13)9-19-12-6-4-11(16)5-7-12/h4-7,10,13H,8-9H2,1-3H3,(H,17,18)/t10-,13+/m0/s1. The van der Waals surface area contributed by atoms with Gasteiger partial charge in [-0.1, -0.05) is 0 Å². The highest BCUT2D eigenvalue weighted by Gasteiger charge is 2.39. The summed E-state index contributed by atoms with van der Waals surface area (Å²) in [7, 11) is 0. The first-order chi connectivity index (χ1) is 9.33. The third-order valence-corrected chi connectivity index (χ3v) is 3.62. The molecule has 2 rings (SSSR count). The van der Waals surface area contributed by atoms with E-state index in [1.807, 2.05) is 45.0 Å². The average molecular weight is 389 g/mol. The first kappa shape index (κ1) is 15.4. The van der Waals surface area contributed by atoms with Crippen LogP contribution in [0, 0.1) is 9.49 Å². The number of halogens is 1. The molecule has 0 unspecified atom stereocenters. The molecule has 1 fully saturated rings. The van der Waals surface area contributed by atoms with Gasteiger partial charge in [0.15, 0.2) is 0 Å². The molecule has 20 heavy (non-hydrogen) atoms. The number of hydrogen-bond donors (Lipinski definition) is 1. The third kappa shape index (κ3) is 5.19. The highest BCUT2D eigenvalue weighted by molar-refractivity contribution is 14.1. The van der Waals surface area contributed by atoms with Gasteiger partial charge in [0.1, 0.15) is 11.4 Å². The lowest BCUT2D eigenvalue weighted by Gasteiger charge is -2.19. The Morgan fingerprint density at radius 3 is 2.60 bits per heavy atom. The lowest BCUT2D eigenvalue weighted by Crippen LogP contribution is -2.34. The Morgan fingerprint density at radius 1 is 1.35 bits per heavy atom. The molecule has 4 nitrogen and oxygen atoms in total. The summed E-state index contributed by atoms with van der Waals surface area (Å²) < 4.78 is 12.1. The van der Waals surface area contributed by atoms with Gasteiger partial charge in [0.2, 0.25) is 0 Å².